The number of fused-ring (bicyclic) bond motifs is 1. The largest absolute Gasteiger partial charge is 0.351 e. The molecule has 35 heavy (non-hydrogen) atoms. The molecule has 5 rings (SSSR count). The average Bonchev–Trinajstić information content (AvgIpc) is 3.35. The number of hydrogen-bond donors (Lipinski definition) is 1. The molecule has 0 aliphatic carbocycles. The van der Waals surface area contributed by atoms with E-state index in [9.17, 15) is 4.79 Å². The van der Waals surface area contributed by atoms with E-state index in [1.165, 1.54) is 21.4 Å². The van der Waals surface area contributed by atoms with Gasteiger partial charge in [-0.15, -0.1) is 0 Å². The standard InChI is InChI=1S/C29H32N4OS/c1-2-24-9-6-10-26-27(24)31-29(35-26)33-19-17-32(18-20-33)16-15-30-28(34)25-13-11-23(12-14-25)21-22-7-4-3-5-8-22/h3-14H,2,15-21H2,1H3,(H,30,34). The van der Waals surface area contributed by atoms with Gasteiger partial charge in [0.1, 0.15) is 0 Å². The van der Waals surface area contributed by atoms with Gasteiger partial charge in [-0.25, -0.2) is 4.98 Å². The van der Waals surface area contributed by atoms with Crippen molar-refractivity contribution >= 4 is 32.6 Å². The molecule has 180 valence electrons. The summed E-state index contributed by atoms with van der Waals surface area (Å²) in [6.45, 7) is 7.63. The Morgan fingerprint density at radius 3 is 2.40 bits per heavy atom. The van der Waals surface area contributed by atoms with Crippen LogP contribution in [0.15, 0.2) is 72.8 Å². The fraction of sp³-hybridized carbons (Fsp3) is 0.310. The summed E-state index contributed by atoms with van der Waals surface area (Å²) < 4.78 is 1.28. The number of hydrogen-bond acceptors (Lipinski definition) is 5. The molecule has 2 heterocycles. The fourth-order valence-electron chi connectivity index (χ4n) is 4.61. The molecule has 1 aliphatic heterocycles. The van der Waals surface area contributed by atoms with Crippen LogP contribution < -0.4 is 10.2 Å². The molecular weight excluding hydrogens is 452 g/mol. The summed E-state index contributed by atoms with van der Waals surface area (Å²) in [7, 11) is 0. The van der Waals surface area contributed by atoms with E-state index in [4.69, 9.17) is 4.98 Å². The van der Waals surface area contributed by atoms with Crippen molar-refractivity contribution in [1.29, 1.82) is 0 Å². The highest BCUT2D eigenvalue weighted by molar-refractivity contribution is 7.22. The maximum atomic E-state index is 12.6. The van der Waals surface area contributed by atoms with Crippen molar-refractivity contribution in [3.8, 4) is 0 Å². The predicted molar refractivity (Wildman–Crippen MR) is 146 cm³/mol. The topological polar surface area (TPSA) is 48.5 Å². The molecule has 6 heteroatoms. The molecule has 1 N–H and O–H groups in total. The van der Waals surface area contributed by atoms with Crippen molar-refractivity contribution in [2.24, 2.45) is 0 Å². The van der Waals surface area contributed by atoms with Gasteiger partial charge in [0.05, 0.1) is 10.2 Å². The molecule has 0 atom stereocenters. The summed E-state index contributed by atoms with van der Waals surface area (Å²) in [6.07, 6.45) is 1.89. The number of carbonyl (C=O) groups excluding carboxylic acids is 1. The lowest BCUT2D eigenvalue weighted by atomic mass is 10.0. The summed E-state index contributed by atoms with van der Waals surface area (Å²) in [6, 6.07) is 24.8. The van der Waals surface area contributed by atoms with Crippen LogP contribution in [0.4, 0.5) is 5.13 Å². The van der Waals surface area contributed by atoms with Gasteiger partial charge in [0, 0.05) is 44.8 Å². The van der Waals surface area contributed by atoms with Crippen molar-refractivity contribution in [1.82, 2.24) is 15.2 Å². The third kappa shape index (κ3) is 5.72. The number of piperazine rings is 1. The number of rotatable bonds is 8. The van der Waals surface area contributed by atoms with E-state index in [1.54, 1.807) is 11.3 Å². The third-order valence-electron chi connectivity index (χ3n) is 6.70. The SMILES string of the molecule is CCc1cccc2sc(N3CCN(CCNC(=O)c4ccc(Cc5ccccc5)cc4)CC3)nc12. The zero-order valence-electron chi connectivity index (χ0n) is 20.2. The Balaban J connectivity index is 1.07. The molecule has 1 aromatic heterocycles. The summed E-state index contributed by atoms with van der Waals surface area (Å²) in [5, 5.41) is 4.21. The first-order valence-electron chi connectivity index (χ1n) is 12.5. The van der Waals surface area contributed by atoms with Gasteiger partial charge < -0.3 is 10.2 Å². The van der Waals surface area contributed by atoms with E-state index >= 15 is 0 Å². The Bertz CT molecular complexity index is 1260. The van der Waals surface area contributed by atoms with Crippen LogP contribution in [-0.4, -0.2) is 55.1 Å². The number of nitrogens with zero attached hydrogens (tertiary/aromatic N) is 3. The number of nitrogens with one attached hydrogen (secondary N) is 1. The molecular formula is C29H32N4OS. The van der Waals surface area contributed by atoms with Crippen LogP contribution >= 0.6 is 11.3 Å². The molecule has 0 bridgehead atoms. The maximum Gasteiger partial charge on any atom is 0.251 e. The summed E-state index contributed by atoms with van der Waals surface area (Å²) >= 11 is 1.79. The fourth-order valence-corrected chi connectivity index (χ4v) is 5.68. The zero-order chi connectivity index (χ0) is 24.0. The second-order valence-electron chi connectivity index (χ2n) is 9.06. The number of aryl methyl sites for hydroxylation is 1. The lowest BCUT2D eigenvalue weighted by Gasteiger charge is -2.34. The van der Waals surface area contributed by atoms with Gasteiger partial charge in [0.25, 0.3) is 5.91 Å². The molecule has 0 radical (unpaired) electrons. The predicted octanol–water partition coefficient (Wildman–Crippen LogP) is 5.00. The van der Waals surface area contributed by atoms with E-state index in [0.29, 0.717) is 12.1 Å². The van der Waals surface area contributed by atoms with Crippen LogP contribution in [0.3, 0.4) is 0 Å². The Hall–Kier alpha value is -3.22. The Morgan fingerprint density at radius 1 is 0.914 bits per heavy atom. The molecule has 0 saturated carbocycles. The summed E-state index contributed by atoms with van der Waals surface area (Å²) in [5.41, 5.74) is 5.69. The van der Waals surface area contributed by atoms with E-state index < -0.39 is 0 Å². The van der Waals surface area contributed by atoms with E-state index in [2.05, 4.69) is 64.5 Å². The van der Waals surface area contributed by atoms with Crippen LogP contribution in [0, 0.1) is 0 Å². The van der Waals surface area contributed by atoms with E-state index in [-0.39, 0.29) is 5.91 Å². The Morgan fingerprint density at radius 2 is 1.66 bits per heavy atom. The lowest BCUT2D eigenvalue weighted by molar-refractivity contribution is 0.0948. The van der Waals surface area contributed by atoms with Crippen molar-refractivity contribution in [2.45, 2.75) is 19.8 Å². The average molecular weight is 485 g/mol. The van der Waals surface area contributed by atoms with Gasteiger partial charge >= 0.3 is 0 Å². The summed E-state index contributed by atoms with van der Waals surface area (Å²) in [4.78, 5) is 22.4. The van der Waals surface area contributed by atoms with Gasteiger partial charge in [0.15, 0.2) is 5.13 Å². The van der Waals surface area contributed by atoms with Crippen LogP contribution in [0.25, 0.3) is 10.2 Å². The summed E-state index contributed by atoms with van der Waals surface area (Å²) in [5.74, 6) is -0.00361. The molecule has 1 amide bonds. The maximum absolute atomic E-state index is 12.6. The van der Waals surface area contributed by atoms with Gasteiger partial charge in [-0.05, 0) is 47.7 Å². The third-order valence-corrected chi connectivity index (χ3v) is 7.78. The Labute approximate surface area is 211 Å². The van der Waals surface area contributed by atoms with E-state index in [1.807, 2.05) is 30.3 Å². The molecule has 5 nitrogen and oxygen atoms in total. The first-order chi connectivity index (χ1) is 17.2. The van der Waals surface area contributed by atoms with Gasteiger partial charge in [-0.1, -0.05) is 72.9 Å². The molecule has 1 aliphatic rings. The van der Waals surface area contributed by atoms with Crippen LogP contribution in [0.5, 0.6) is 0 Å². The van der Waals surface area contributed by atoms with Gasteiger partial charge in [0.2, 0.25) is 0 Å². The molecule has 0 spiro atoms. The van der Waals surface area contributed by atoms with Crippen molar-refractivity contribution < 1.29 is 4.79 Å². The van der Waals surface area contributed by atoms with Gasteiger partial charge in [-0.3, -0.25) is 9.69 Å². The quantitative estimate of drug-likeness (QED) is 0.382. The Kier molecular flexibility index (Phi) is 7.40. The molecule has 4 aromatic rings. The molecule has 0 unspecified atom stereocenters. The first kappa shape index (κ1) is 23.5. The number of amides is 1. The van der Waals surface area contributed by atoms with Crippen LogP contribution in [0.2, 0.25) is 0 Å². The molecule has 1 saturated heterocycles. The zero-order valence-corrected chi connectivity index (χ0v) is 21.1. The second-order valence-corrected chi connectivity index (χ2v) is 10.1. The van der Waals surface area contributed by atoms with Crippen molar-refractivity contribution in [2.75, 3.05) is 44.2 Å². The van der Waals surface area contributed by atoms with Gasteiger partial charge in [-0.2, -0.15) is 0 Å². The monoisotopic (exact) mass is 484 g/mol. The smallest absolute Gasteiger partial charge is 0.251 e. The number of carbonyl (C=O) groups is 1. The second kappa shape index (κ2) is 11.0. The van der Waals surface area contributed by atoms with Crippen LogP contribution in [0.1, 0.15) is 34.0 Å². The molecule has 1 fully saturated rings. The number of aromatic nitrogens is 1. The van der Waals surface area contributed by atoms with Crippen LogP contribution in [-0.2, 0) is 12.8 Å². The number of para-hydroxylation sites is 1. The highest BCUT2D eigenvalue weighted by Gasteiger charge is 2.20. The lowest BCUT2D eigenvalue weighted by Crippen LogP contribution is -2.48. The molecule has 3 aromatic carbocycles. The highest BCUT2D eigenvalue weighted by Crippen LogP contribution is 2.31. The minimum absolute atomic E-state index is 0.00361. The highest BCUT2D eigenvalue weighted by atomic mass is 32.1. The van der Waals surface area contributed by atoms with Crippen molar-refractivity contribution in [3.05, 3.63) is 95.1 Å². The first-order valence-corrected chi connectivity index (χ1v) is 13.3. The number of anilines is 1. The number of thiazole rings is 1. The number of benzene rings is 3. The van der Waals surface area contributed by atoms with Crippen molar-refractivity contribution in [3.63, 3.8) is 0 Å². The van der Waals surface area contributed by atoms with E-state index in [0.717, 1.165) is 56.2 Å². The minimum Gasteiger partial charge on any atom is -0.351 e. The normalized spacial score (nSPS) is 14.4. The minimum atomic E-state index is -0.00361.